The second kappa shape index (κ2) is 8.74. The third-order valence-corrected chi connectivity index (χ3v) is 5.95. The molecule has 0 aliphatic rings. The van der Waals surface area contributed by atoms with E-state index >= 15 is 0 Å². The van der Waals surface area contributed by atoms with Crippen LogP contribution in [0, 0.1) is 5.82 Å². The number of rotatable bonds is 7. The van der Waals surface area contributed by atoms with Crippen LogP contribution in [0.5, 0.6) is 0 Å². The number of amides is 1. The molecule has 0 aromatic heterocycles. The molecule has 0 bridgehead atoms. The number of sulfonamides is 2. The number of nitrogens with one attached hydrogen (secondary N) is 3. The summed E-state index contributed by atoms with van der Waals surface area (Å²) in [6, 6.07) is 16.2. The van der Waals surface area contributed by atoms with Gasteiger partial charge in [0.2, 0.25) is 10.0 Å². The minimum Gasteiger partial charge on any atom is -0.322 e. The highest BCUT2D eigenvalue weighted by atomic mass is 32.2. The normalized spacial score (nSPS) is 11.5. The number of halogens is 1. The van der Waals surface area contributed by atoms with Gasteiger partial charge in [0, 0.05) is 22.6 Å². The predicted molar refractivity (Wildman–Crippen MR) is 117 cm³/mol. The number of benzene rings is 3. The lowest BCUT2D eigenvalue weighted by Gasteiger charge is -2.10. The van der Waals surface area contributed by atoms with E-state index in [9.17, 15) is 26.0 Å². The fourth-order valence-electron chi connectivity index (χ4n) is 2.59. The van der Waals surface area contributed by atoms with Gasteiger partial charge in [0.05, 0.1) is 11.2 Å². The summed E-state index contributed by atoms with van der Waals surface area (Å²) in [5.41, 5.74) is 1.00. The lowest BCUT2D eigenvalue weighted by Crippen LogP contribution is -2.15. The van der Waals surface area contributed by atoms with E-state index in [-0.39, 0.29) is 21.8 Å². The van der Waals surface area contributed by atoms with Crippen LogP contribution in [0.25, 0.3) is 0 Å². The first-order valence-corrected chi connectivity index (χ1v) is 12.2. The van der Waals surface area contributed by atoms with Crippen molar-refractivity contribution < 1.29 is 26.0 Å². The van der Waals surface area contributed by atoms with Crippen molar-refractivity contribution >= 4 is 43.0 Å². The van der Waals surface area contributed by atoms with Gasteiger partial charge in [-0.3, -0.25) is 14.2 Å². The van der Waals surface area contributed by atoms with Crippen LogP contribution in [0.3, 0.4) is 0 Å². The third-order valence-electron chi connectivity index (χ3n) is 3.95. The molecule has 0 aliphatic heterocycles. The summed E-state index contributed by atoms with van der Waals surface area (Å²) in [7, 11) is -7.38. The van der Waals surface area contributed by atoms with E-state index in [1.807, 2.05) is 0 Å². The Morgan fingerprint density at radius 1 is 0.774 bits per heavy atom. The number of anilines is 3. The smallest absolute Gasteiger partial charge is 0.261 e. The zero-order valence-corrected chi connectivity index (χ0v) is 17.8. The Labute approximate surface area is 179 Å². The van der Waals surface area contributed by atoms with E-state index in [1.165, 1.54) is 60.7 Å². The molecule has 0 atom stereocenters. The number of hydrogen-bond donors (Lipinski definition) is 3. The van der Waals surface area contributed by atoms with Crippen LogP contribution in [0.15, 0.2) is 77.7 Å². The molecule has 31 heavy (non-hydrogen) atoms. The zero-order chi connectivity index (χ0) is 22.6. The Bertz CT molecular complexity index is 1310. The van der Waals surface area contributed by atoms with Crippen LogP contribution in [0.1, 0.15) is 10.4 Å². The second-order valence-electron chi connectivity index (χ2n) is 6.55. The molecule has 3 aromatic rings. The van der Waals surface area contributed by atoms with Crippen LogP contribution < -0.4 is 14.8 Å². The molecule has 0 saturated heterocycles. The fraction of sp³-hybridized carbons (Fsp3) is 0.0500. The number of hydrogen-bond acceptors (Lipinski definition) is 5. The molecule has 1 amide bonds. The van der Waals surface area contributed by atoms with Crippen molar-refractivity contribution in [2.24, 2.45) is 0 Å². The standard InChI is InChI=1S/C20H18FN3O5S2/c1-30(26,27)23-18-4-2-3-14(13-18)20(25)22-16-9-11-19(12-10-16)31(28,29)24-17-7-5-15(21)6-8-17/h2-13,23-24H,1H3,(H,22,25). The average Bonchev–Trinajstić information content (AvgIpc) is 2.69. The Balaban J connectivity index is 1.71. The van der Waals surface area contributed by atoms with Gasteiger partial charge in [-0.1, -0.05) is 6.07 Å². The lowest BCUT2D eigenvalue weighted by atomic mass is 10.2. The molecule has 0 heterocycles. The maximum Gasteiger partial charge on any atom is 0.261 e. The Hall–Kier alpha value is -3.44. The first kappa shape index (κ1) is 22.2. The maximum absolute atomic E-state index is 13.0. The van der Waals surface area contributed by atoms with E-state index in [4.69, 9.17) is 0 Å². The molecule has 0 unspecified atom stereocenters. The van der Waals surface area contributed by atoms with Gasteiger partial charge < -0.3 is 5.32 Å². The van der Waals surface area contributed by atoms with E-state index in [0.717, 1.165) is 18.4 Å². The van der Waals surface area contributed by atoms with Crippen LogP contribution in [-0.2, 0) is 20.0 Å². The van der Waals surface area contributed by atoms with Gasteiger partial charge in [0.25, 0.3) is 15.9 Å². The number of carbonyl (C=O) groups excluding carboxylic acids is 1. The minimum atomic E-state index is -3.90. The molecular formula is C20H18FN3O5S2. The van der Waals surface area contributed by atoms with Crippen molar-refractivity contribution in [3.05, 3.63) is 84.2 Å². The summed E-state index contributed by atoms with van der Waals surface area (Å²) in [6.45, 7) is 0. The minimum absolute atomic E-state index is 0.0471. The Morgan fingerprint density at radius 3 is 2.00 bits per heavy atom. The van der Waals surface area contributed by atoms with Gasteiger partial charge in [-0.25, -0.2) is 21.2 Å². The average molecular weight is 464 g/mol. The maximum atomic E-state index is 13.0. The number of carbonyl (C=O) groups is 1. The van der Waals surface area contributed by atoms with E-state index in [0.29, 0.717) is 5.69 Å². The molecule has 11 heteroatoms. The van der Waals surface area contributed by atoms with Crippen LogP contribution in [0.2, 0.25) is 0 Å². The first-order chi connectivity index (χ1) is 14.5. The van der Waals surface area contributed by atoms with E-state index < -0.39 is 31.8 Å². The molecule has 8 nitrogen and oxygen atoms in total. The van der Waals surface area contributed by atoms with Gasteiger partial charge >= 0.3 is 0 Å². The molecule has 0 radical (unpaired) electrons. The van der Waals surface area contributed by atoms with Crippen molar-refractivity contribution in [2.75, 3.05) is 21.0 Å². The topological polar surface area (TPSA) is 121 Å². The van der Waals surface area contributed by atoms with E-state index in [2.05, 4.69) is 14.8 Å². The highest BCUT2D eigenvalue weighted by Gasteiger charge is 2.15. The van der Waals surface area contributed by atoms with Gasteiger partial charge in [-0.05, 0) is 66.7 Å². The summed E-state index contributed by atoms with van der Waals surface area (Å²) in [5.74, 6) is -0.988. The summed E-state index contributed by atoms with van der Waals surface area (Å²) < 4.78 is 65.1. The SMILES string of the molecule is CS(=O)(=O)Nc1cccc(C(=O)Nc2ccc(S(=O)(=O)Nc3ccc(F)cc3)cc2)c1. The van der Waals surface area contributed by atoms with Crippen LogP contribution in [0.4, 0.5) is 21.5 Å². The Kier molecular flexibility index (Phi) is 6.27. The molecule has 0 fully saturated rings. The summed E-state index contributed by atoms with van der Waals surface area (Å²) in [5, 5.41) is 2.61. The molecule has 162 valence electrons. The fourth-order valence-corrected chi connectivity index (χ4v) is 4.20. The molecule has 3 rings (SSSR count). The third kappa shape index (κ3) is 6.27. The molecule has 3 N–H and O–H groups in total. The highest BCUT2D eigenvalue weighted by molar-refractivity contribution is 7.92. The van der Waals surface area contributed by atoms with Crippen molar-refractivity contribution in [3.63, 3.8) is 0 Å². The largest absolute Gasteiger partial charge is 0.322 e. The first-order valence-electron chi connectivity index (χ1n) is 8.79. The predicted octanol–water partition coefficient (Wildman–Crippen LogP) is 3.25. The van der Waals surface area contributed by atoms with Gasteiger partial charge in [-0.2, -0.15) is 0 Å². The molecule has 0 saturated carbocycles. The zero-order valence-electron chi connectivity index (χ0n) is 16.2. The van der Waals surface area contributed by atoms with Gasteiger partial charge in [0.15, 0.2) is 0 Å². The van der Waals surface area contributed by atoms with Gasteiger partial charge in [-0.15, -0.1) is 0 Å². The second-order valence-corrected chi connectivity index (χ2v) is 9.98. The van der Waals surface area contributed by atoms with E-state index in [1.54, 1.807) is 0 Å². The highest BCUT2D eigenvalue weighted by Crippen LogP contribution is 2.20. The summed E-state index contributed by atoms with van der Waals surface area (Å²) in [4.78, 5) is 12.4. The Morgan fingerprint density at radius 2 is 1.39 bits per heavy atom. The summed E-state index contributed by atoms with van der Waals surface area (Å²) in [6.07, 6.45) is 1.00. The lowest BCUT2D eigenvalue weighted by molar-refractivity contribution is 0.102. The van der Waals surface area contributed by atoms with Crippen molar-refractivity contribution in [3.8, 4) is 0 Å². The van der Waals surface area contributed by atoms with Crippen LogP contribution in [-0.4, -0.2) is 29.0 Å². The van der Waals surface area contributed by atoms with Crippen molar-refractivity contribution in [2.45, 2.75) is 4.90 Å². The monoisotopic (exact) mass is 463 g/mol. The quantitative estimate of drug-likeness (QED) is 0.497. The molecule has 0 aliphatic carbocycles. The molecular weight excluding hydrogens is 445 g/mol. The summed E-state index contributed by atoms with van der Waals surface area (Å²) >= 11 is 0. The van der Waals surface area contributed by atoms with Crippen molar-refractivity contribution in [1.29, 1.82) is 0 Å². The van der Waals surface area contributed by atoms with Gasteiger partial charge in [0.1, 0.15) is 5.82 Å². The van der Waals surface area contributed by atoms with Crippen LogP contribution >= 0.6 is 0 Å². The molecule has 3 aromatic carbocycles. The molecule has 0 spiro atoms. The van der Waals surface area contributed by atoms with Crippen molar-refractivity contribution in [1.82, 2.24) is 0 Å².